The molecule has 0 aliphatic carbocycles. The van der Waals surface area contributed by atoms with E-state index in [0.29, 0.717) is 19.3 Å². The van der Waals surface area contributed by atoms with Gasteiger partial charge >= 0.3 is 0 Å². The third-order valence-corrected chi connectivity index (χ3v) is 5.11. The number of benzene rings is 1. The van der Waals surface area contributed by atoms with Crippen molar-refractivity contribution >= 4 is 11.6 Å². The Morgan fingerprint density at radius 1 is 1.07 bits per heavy atom. The van der Waals surface area contributed by atoms with E-state index < -0.39 is 0 Å². The summed E-state index contributed by atoms with van der Waals surface area (Å²) in [6, 6.07) is 11.1. The van der Waals surface area contributed by atoms with Crippen molar-refractivity contribution in [1.82, 2.24) is 15.5 Å². The van der Waals surface area contributed by atoms with Crippen molar-refractivity contribution in [2.75, 3.05) is 77.6 Å². The predicted octanol–water partition coefficient (Wildman–Crippen LogP) is 1.81. The van der Waals surface area contributed by atoms with Crippen LogP contribution in [0.1, 0.15) is 20.3 Å². The highest BCUT2D eigenvalue weighted by Crippen LogP contribution is 2.16. The first kappa shape index (κ1) is 23.4. The SMILES string of the molecule is CCNC(=NCC(C)N1CCN(c2ccccc2)CC1)NCCCOCCOC. The fourth-order valence-electron chi connectivity index (χ4n) is 3.37. The molecule has 1 heterocycles. The van der Waals surface area contributed by atoms with Gasteiger partial charge in [-0.15, -0.1) is 0 Å². The van der Waals surface area contributed by atoms with E-state index >= 15 is 0 Å². The number of aliphatic imine (C=N–C) groups is 1. The average Bonchev–Trinajstić information content (AvgIpc) is 2.77. The molecule has 0 bridgehead atoms. The van der Waals surface area contributed by atoms with Gasteiger partial charge in [-0.05, 0) is 32.4 Å². The first-order chi connectivity index (χ1) is 14.2. The Balaban J connectivity index is 1.68. The highest BCUT2D eigenvalue weighted by Gasteiger charge is 2.21. The molecule has 164 valence electrons. The molecule has 0 saturated carbocycles. The monoisotopic (exact) mass is 405 g/mol. The van der Waals surface area contributed by atoms with Gasteiger partial charge in [-0.2, -0.15) is 0 Å². The molecule has 1 aromatic rings. The van der Waals surface area contributed by atoms with Crippen LogP contribution in [-0.4, -0.2) is 89.6 Å². The molecule has 1 aromatic carbocycles. The molecule has 1 saturated heterocycles. The number of nitrogens with zero attached hydrogens (tertiary/aromatic N) is 3. The summed E-state index contributed by atoms with van der Waals surface area (Å²) in [5.74, 6) is 0.888. The van der Waals surface area contributed by atoms with Gasteiger partial charge < -0.3 is 25.0 Å². The van der Waals surface area contributed by atoms with Crippen LogP contribution >= 0.6 is 0 Å². The molecule has 0 radical (unpaired) electrons. The van der Waals surface area contributed by atoms with Gasteiger partial charge in [0.1, 0.15) is 0 Å². The standard InChI is InChI=1S/C22H39N5O2/c1-4-23-22(24-11-8-16-29-18-17-28-3)25-19-20(2)26-12-14-27(15-13-26)21-9-6-5-7-10-21/h5-7,9-10,20H,4,8,11-19H2,1-3H3,(H2,23,24,25). The van der Waals surface area contributed by atoms with E-state index in [2.05, 4.69) is 64.6 Å². The minimum atomic E-state index is 0.431. The number of rotatable bonds is 12. The van der Waals surface area contributed by atoms with E-state index in [9.17, 15) is 0 Å². The first-order valence-corrected chi connectivity index (χ1v) is 10.9. The van der Waals surface area contributed by atoms with Crippen molar-refractivity contribution in [3.8, 4) is 0 Å². The number of ether oxygens (including phenoxy) is 2. The number of para-hydroxylation sites is 1. The zero-order chi connectivity index (χ0) is 20.7. The molecule has 1 aliphatic heterocycles. The van der Waals surface area contributed by atoms with Crippen LogP contribution < -0.4 is 15.5 Å². The Bertz CT molecular complexity index is 562. The van der Waals surface area contributed by atoms with Crippen LogP contribution in [0.5, 0.6) is 0 Å². The third-order valence-electron chi connectivity index (χ3n) is 5.11. The molecule has 1 fully saturated rings. The minimum absolute atomic E-state index is 0.431. The van der Waals surface area contributed by atoms with Crippen molar-refractivity contribution in [1.29, 1.82) is 0 Å². The maximum absolute atomic E-state index is 5.50. The largest absolute Gasteiger partial charge is 0.382 e. The molecule has 2 N–H and O–H groups in total. The summed E-state index contributed by atoms with van der Waals surface area (Å²) < 4.78 is 10.5. The molecule has 0 amide bonds. The van der Waals surface area contributed by atoms with Crippen molar-refractivity contribution in [2.45, 2.75) is 26.3 Å². The Kier molecular flexibility index (Phi) is 11.5. The van der Waals surface area contributed by atoms with E-state index in [1.165, 1.54) is 5.69 Å². The molecular weight excluding hydrogens is 366 g/mol. The van der Waals surface area contributed by atoms with Gasteiger partial charge in [0.2, 0.25) is 0 Å². The first-order valence-electron chi connectivity index (χ1n) is 10.9. The van der Waals surface area contributed by atoms with E-state index in [4.69, 9.17) is 14.5 Å². The van der Waals surface area contributed by atoms with E-state index in [0.717, 1.165) is 64.8 Å². The summed E-state index contributed by atoms with van der Waals surface area (Å²) in [5, 5.41) is 6.73. The van der Waals surface area contributed by atoms with Gasteiger partial charge in [0, 0.05) is 64.7 Å². The highest BCUT2D eigenvalue weighted by atomic mass is 16.5. The smallest absolute Gasteiger partial charge is 0.191 e. The number of methoxy groups -OCH3 is 1. The molecule has 7 heteroatoms. The number of hydrogen-bond donors (Lipinski definition) is 2. The lowest BCUT2D eigenvalue weighted by molar-refractivity contribution is 0.0698. The molecule has 29 heavy (non-hydrogen) atoms. The molecule has 1 unspecified atom stereocenters. The Hall–Kier alpha value is -1.83. The normalized spacial score (nSPS) is 16.7. The second kappa shape index (κ2) is 14.2. The maximum atomic E-state index is 5.50. The molecule has 2 rings (SSSR count). The van der Waals surface area contributed by atoms with Gasteiger partial charge in [-0.25, -0.2) is 0 Å². The minimum Gasteiger partial charge on any atom is -0.382 e. The van der Waals surface area contributed by atoms with Crippen molar-refractivity contribution in [3.05, 3.63) is 30.3 Å². The fraction of sp³-hybridized carbons (Fsp3) is 0.682. The van der Waals surface area contributed by atoms with Gasteiger partial charge in [-0.3, -0.25) is 9.89 Å². The summed E-state index contributed by atoms with van der Waals surface area (Å²) in [4.78, 5) is 9.79. The zero-order valence-electron chi connectivity index (χ0n) is 18.4. The van der Waals surface area contributed by atoms with Crippen LogP contribution in [0.4, 0.5) is 5.69 Å². The quantitative estimate of drug-likeness (QED) is 0.314. The molecular formula is C22H39N5O2. The molecule has 1 aliphatic rings. The van der Waals surface area contributed by atoms with Crippen LogP contribution in [0.2, 0.25) is 0 Å². The molecule has 0 aromatic heterocycles. The van der Waals surface area contributed by atoms with Gasteiger partial charge in [0.25, 0.3) is 0 Å². The summed E-state index contributed by atoms with van der Waals surface area (Å²) in [5.41, 5.74) is 1.32. The number of anilines is 1. The third kappa shape index (κ3) is 9.02. The second-order valence-electron chi connectivity index (χ2n) is 7.31. The van der Waals surface area contributed by atoms with Crippen LogP contribution in [0, 0.1) is 0 Å². The van der Waals surface area contributed by atoms with E-state index in [1.807, 2.05) is 0 Å². The van der Waals surface area contributed by atoms with Crippen molar-refractivity contribution < 1.29 is 9.47 Å². The van der Waals surface area contributed by atoms with Gasteiger partial charge in [0.05, 0.1) is 19.8 Å². The highest BCUT2D eigenvalue weighted by molar-refractivity contribution is 5.79. The Morgan fingerprint density at radius 2 is 1.83 bits per heavy atom. The summed E-state index contributed by atoms with van der Waals surface area (Å²) >= 11 is 0. The number of piperazine rings is 1. The Labute approximate surface area is 176 Å². The maximum Gasteiger partial charge on any atom is 0.191 e. The van der Waals surface area contributed by atoms with Crippen molar-refractivity contribution in [3.63, 3.8) is 0 Å². The van der Waals surface area contributed by atoms with Crippen LogP contribution in [0.25, 0.3) is 0 Å². The van der Waals surface area contributed by atoms with E-state index in [1.54, 1.807) is 7.11 Å². The summed E-state index contributed by atoms with van der Waals surface area (Å²) in [7, 11) is 1.69. The zero-order valence-corrected chi connectivity index (χ0v) is 18.4. The Morgan fingerprint density at radius 3 is 2.52 bits per heavy atom. The van der Waals surface area contributed by atoms with Crippen LogP contribution in [-0.2, 0) is 9.47 Å². The summed E-state index contributed by atoms with van der Waals surface area (Å²) in [6.45, 7) is 13.2. The average molecular weight is 406 g/mol. The molecule has 1 atom stereocenters. The van der Waals surface area contributed by atoms with Crippen molar-refractivity contribution in [2.24, 2.45) is 4.99 Å². The number of guanidine groups is 1. The lowest BCUT2D eigenvalue weighted by Crippen LogP contribution is -2.50. The summed E-state index contributed by atoms with van der Waals surface area (Å²) in [6.07, 6.45) is 0.950. The number of hydrogen-bond acceptors (Lipinski definition) is 5. The van der Waals surface area contributed by atoms with E-state index in [-0.39, 0.29) is 0 Å². The lowest BCUT2D eigenvalue weighted by atomic mass is 10.2. The van der Waals surface area contributed by atoms with Gasteiger partial charge in [-0.1, -0.05) is 18.2 Å². The topological polar surface area (TPSA) is 61.4 Å². The number of nitrogens with one attached hydrogen (secondary N) is 2. The fourth-order valence-corrected chi connectivity index (χ4v) is 3.37. The lowest BCUT2D eigenvalue weighted by Gasteiger charge is -2.38. The predicted molar refractivity (Wildman–Crippen MR) is 121 cm³/mol. The van der Waals surface area contributed by atoms with Crippen LogP contribution in [0.3, 0.4) is 0 Å². The van der Waals surface area contributed by atoms with Gasteiger partial charge in [0.15, 0.2) is 5.96 Å². The molecule has 7 nitrogen and oxygen atoms in total. The molecule has 0 spiro atoms. The second-order valence-corrected chi connectivity index (χ2v) is 7.31. The van der Waals surface area contributed by atoms with Crippen LogP contribution in [0.15, 0.2) is 35.3 Å².